The quantitative estimate of drug-likeness (QED) is 0.0262. The molecule has 0 amide bonds. The number of carbonyl (C=O) groups excluding carboxylic acids is 3. The zero-order valence-corrected chi connectivity index (χ0v) is 41.7. The zero-order valence-electron chi connectivity index (χ0n) is 41.7. The highest BCUT2D eigenvalue weighted by atomic mass is 16.6. The fraction of sp³-hybridized carbons (Fsp3) is 0.610. The molecule has 0 aliphatic rings. The van der Waals surface area contributed by atoms with Gasteiger partial charge < -0.3 is 14.2 Å². The second-order valence-corrected chi connectivity index (χ2v) is 16.6. The van der Waals surface area contributed by atoms with E-state index in [2.05, 4.69) is 142 Å². The van der Waals surface area contributed by atoms with Crippen molar-refractivity contribution in [3.05, 3.63) is 122 Å². The van der Waals surface area contributed by atoms with Gasteiger partial charge in [-0.3, -0.25) is 14.4 Å². The van der Waals surface area contributed by atoms with Crippen molar-refractivity contribution in [1.82, 2.24) is 0 Å². The Kier molecular flexibility index (Phi) is 49.1. The summed E-state index contributed by atoms with van der Waals surface area (Å²) in [7, 11) is 0. The summed E-state index contributed by atoms with van der Waals surface area (Å²) in [4.78, 5) is 38.0. The summed E-state index contributed by atoms with van der Waals surface area (Å²) in [6.45, 7) is 6.23. The minimum atomic E-state index is -0.808. The largest absolute Gasteiger partial charge is 0.462 e. The lowest BCUT2D eigenvalue weighted by molar-refractivity contribution is -0.167. The van der Waals surface area contributed by atoms with Gasteiger partial charge in [0, 0.05) is 19.3 Å². The van der Waals surface area contributed by atoms with Gasteiger partial charge in [-0.1, -0.05) is 194 Å². The molecular weight excluding hydrogens is 805 g/mol. The SMILES string of the molecule is CC/C=C\C/C=C\C/C=C\C/C=C\CCCCCCCCC(=O)OCC(COC(=O)CCCCC/C=C\C/C=C\C/C=C\CC)OC(=O)CCCCCCC/C=C\C/C=C\C/C=C\CC. The molecular formula is C59H94O6. The molecule has 0 fully saturated rings. The highest BCUT2D eigenvalue weighted by Crippen LogP contribution is 2.13. The predicted octanol–water partition coefficient (Wildman–Crippen LogP) is 17.3. The van der Waals surface area contributed by atoms with Gasteiger partial charge in [0.1, 0.15) is 13.2 Å². The molecule has 0 aromatic rings. The first-order chi connectivity index (χ1) is 32.0. The van der Waals surface area contributed by atoms with Crippen LogP contribution in [0.3, 0.4) is 0 Å². The van der Waals surface area contributed by atoms with E-state index in [9.17, 15) is 14.4 Å². The van der Waals surface area contributed by atoms with Gasteiger partial charge in [-0.2, -0.15) is 0 Å². The van der Waals surface area contributed by atoms with Crippen LogP contribution in [0.25, 0.3) is 0 Å². The normalized spacial score (nSPS) is 13.1. The number of esters is 3. The van der Waals surface area contributed by atoms with Crippen molar-refractivity contribution in [3.63, 3.8) is 0 Å². The summed E-state index contributed by atoms with van der Waals surface area (Å²) in [5.41, 5.74) is 0. The molecule has 1 atom stereocenters. The van der Waals surface area contributed by atoms with Crippen LogP contribution in [0, 0.1) is 0 Å². The number of allylic oxidation sites excluding steroid dienone is 20. The molecule has 0 rings (SSSR count). The van der Waals surface area contributed by atoms with Crippen LogP contribution < -0.4 is 0 Å². The lowest BCUT2D eigenvalue weighted by Gasteiger charge is -2.18. The Morgan fingerprint density at radius 3 is 0.877 bits per heavy atom. The molecule has 0 saturated heterocycles. The van der Waals surface area contributed by atoms with Gasteiger partial charge >= 0.3 is 17.9 Å². The molecule has 65 heavy (non-hydrogen) atoms. The summed E-state index contributed by atoms with van der Waals surface area (Å²) < 4.78 is 16.8. The Labute approximate surface area is 399 Å². The Morgan fingerprint density at radius 1 is 0.308 bits per heavy atom. The molecule has 366 valence electrons. The van der Waals surface area contributed by atoms with E-state index in [1.807, 2.05) is 0 Å². The maximum Gasteiger partial charge on any atom is 0.306 e. The lowest BCUT2D eigenvalue weighted by Crippen LogP contribution is -2.30. The molecule has 0 radical (unpaired) electrons. The van der Waals surface area contributed by atoms with Gasteiger partial charge in [-0.25, -0.2) is 0 Å². The van der Waals surface area contributed by atoms with Crippen LogP contribution in [-0.2, 0) is 28.6 Å². The fourth-order valence-corrected chi connectivity index (χ4v) is 6.64. The van der Waals surface area contributed by atoms with Crippen LogP contribution in [0.1, 0.15) is 213 Å². The highest BCUT2D eigenvalue weighted by Gasteiger charge is 2.19. The van der Waals surface area contributed by atoms with Crippen molar-refractivity contribution < 1.29 is 28.6 Å². The Morgan fingerprint density at radius 2 is 0.554 bits per heavy atom. The molecule has 0 saturated carbocycles. The first-order valence-corrected chi connectivity index (χ1v) is 26.0. The van der Waals surface area contributed by atoms with Crippen LogP contribution in [0.2, 0.25) is 0 Å². The third-order valence-electron chi connectivity index (χ3n) is 10.4. The Bertz CT molecular complexity index is 1400. The summed E-state index contributed by atoms with van der Waals surface area (Å²) >= 11 is 0. The maximum atomic E-state index is 12.8. The molecule has 0 aliphatic heterocycles. The summed E-state index contributed by atoms with van der Waals surface area (Å²) in [6, 6.07) is 0. The number of unbranched alkanes of at least 4 members (excludes halogenated alkanes) is 14. The van der Waals surface area contributed by atoms with Crippen molar-refractivity contribution in [2.24, 2.45) is 0 Å². The first kappa shape index (κ1) is 60.8. The molecule has 0 spiro atoms. The molecule has 0 bridgehead atoms. The van der Waals surface area contributed by atoms with Crippen molar-refractivity contribution in [1.29, 1.82) is 0 Å². The topological polar surface area (TPSA) is 78.9 Å². The molecule has 6 heteroatoms. The lowest BCUT2D eigenvalue weighted by atomic mass is 10.1. The molecule has 0 heterocycles. The van der Waals surface area contributed by atoms with E-state index in [1.165, 1.54) is 12.8 Å². The summed E-state index contributed by atoms with van der Waals surface area (Å²) in [5, 5.41) is 0. The number of hydrogen-bond donors (Lipinski definition) is 0. The Hall–Kier alpha value is -4.19. The van der Waals surface area contributed by atoms with E-state index in [0.29, 0.717) is 19.3 Å². The average molecular weight is 899 g/mol. The second kappa shape index (κ2) is 52.4. The predicted molar refractivity (Wildman–Crippen MR) is 279 cm³/mol. The monoisotopic (exact) mass is 899 g/mol. The summed E-state index contributed by atoms with van der Waals surface area (Å²) in [6.07, 6.45) is 71.8. The Balaban J connectivity index is 4.48. The smallest absolute Gasteiger partial charge is 0.306 e. The van der Waals surface area contributed by atoms with Crippen LogP contribution in [0.15, 0.2) is 122 Å². The minimum Gasteiger partial charge on any atom is -0.462 e. The van der Waals surface area contributed by atoms with Crippen molar-refractivity contribution >= 4 is 17.9 Å². The van der Waals surface area contributed by atoms with Gasteiger partial charge in [0.15, 0.2) is 6.10 Å². The van der Waals surface area contributed by atoms with Crippen molar-refractivity contribution in [2.45, 2.75) is 219 Å². The standard InChI is InChI=1S/C59H94O6/c1-4-7-10-13-16-19-22-25-27-28-29-30-32-34-37-40-43-46-49-52-58(61)64-55-56(54-63-57(60)51-48-45-42-39-36-33-24-21-18-15-12-9-6-3)65-59(62)53-50-47-44-41-38-35-31-26-23-20-17-14-11-8-5-2/h7-12,16-21,25-27,29-31,33,36,56H,4-6,13-15,22-24,28,32,34-35,37-55H2,1-3H3/b10-7-,11-8-,12-9-,19-16-,20-17-,21-18-,27-25-,30-29-,31-26-,36-33-. The average Bonchev–Trinajstić information content (AvgIpc) is 3.30. The third-order valence-corrected chi connectivity index (χ3v) is 10.4. The van der Waals surface area contributed by atoms with Crippen LogP contribution in [0.4, 0.5) is 0 Å². The summed E-state index contributed by atoms with van der Waals surface area (Å²) in [5.74, 6) is -0.973. The number of ether oxygens (including phenoxy) is 3. The van der Waals surface area contributed by atoms with E-state index in [0.717, 1.165) is 161 Å². The fourth-order valence-electron chi connectivity index (χ4n) is 6.64. The first-order valence-electron chi connectivity index (χ1n) is 26.0. The van der Waals surface area contributed by atoms with E-state index >= 15 is 0 Å². The van der Waals surface area contributed by atoms with E-state index in [4.69, 9.17) is 14.2 Å². The van der Waals surface area contributed by atoms with Crippen LogP contribution in [-0.4, -0.2) is 37.2 Å². The molecule has 1 unspecified atom stereocenters. The van der Waals surface area contributed by atoms with Gasteiger partial charge in [-0.15, -0.1) is 0 Å². The van der Waals surface area contributed by atoms with E-state index in [-0.39, 0.29) is 31.1 Å². The number of rotatable bonds is 45. The maximum absolute atomic E-state index is 12.8. The molecule has 6 nitrogen and oxygen atoms in total. The minimum absolute atomic E-state index is 0.106. The highest BCUT2D eigenvalue weighted by molar-refractivity contribution is 5.71. The van der Waals surface area contributed by atoms with Gasteiger partial charge in [-0.05, 0) is 122 Å². The van der Waals surface area contributed by atoms with E-state index in [1.54, 1.807) is 0 Å². The molecule has 0 aromatic carbocycles. The number of carbonyl (C=O) groups is 3. The van der Waals surface area contributed by atoms with Gasteiger partial charge in [0.25, 0.3) is 0 Å². The van der Waals surface area contributed by atoms with Crippen molar-refractivity contribution in [2.75, 3.05) is 13.2 Å². The van der Waals surface area contributed by atoms with Gasteiger partial charge in [0.2, 0.25) is 0 Å². The van der Waals surface area contributed by atoms with Crippen LogP contribution >= 0.6 is 0 Å². The molecule has 0 N–H and O–H groups in total. The second-order valence-electron chi connectivity index (χ2n) is 16.6. The van der Waals surface area contributed by atoms with Gasteiger partial charge in [0.05, 0.1) is 0 Å². The number of hydrogen-bond acceptors (Lipinski definition) is 6. The third kappa shape index (κ3) is 50.7. The molecule has 0 aliphatic carbocycles. The zero-order chi connectivity index (χ0) is 47.2. The molecule has 0 aromatic heterocycles. The van der Waals surface area contributed by atoms with Crippen LogP contribution in [0.5, 0.6) is 0 Å². The van der Waals surface area contributed by atoms with E-state index < -0.39 is 6.10 Å². The van der Waals surface area contributed by atoms with Crippen molar-refractivity contribution in [3.8, 4) is 0 Å².